The highest BCUT2D eigenvalue weighted by Crippen LogP contribution is 1.99. The van der Waals surface area contributed by atoms with Crippen LogP contribution in [0.25, 0.3) is 0 Å². The zero-order chi connectivity index (χ0) is 10.4. The predicted octanol–water partition coefficient (Wildman–Crippen LogP) is 3.57. The first-order chi connectivity index (χ1) is 5.12. The van der Waals surface area contributed by atoms with Gasteiger partial charge in [-0.05, 0) is 13.1 Å². The standard InChI is InChI=1S/C4H12O2Si.C4H12Si.CH4/c1-5-7(3,4)6-2;1-5(2,3)4;/h1-4H3;1-4H3;1H4. The molecule has 0 rings (SSSR count). The molecule has 0 aromatic carbocycles. The third-order valence-electron chi connectivity index (χ3n) is 0.983. The molecule has 13 heavy (non-hydrogen) atoms. The van der Waals surface area contributed by atoms with Crippen molar-refractivity contribution in [3.05, 3.63) is 0 Å². The molecular formula is C9H28O2Si2. The third kappa shape index (κ3) is 32.8. The van der Waals surface area contributed by atoms with E-state index in [1.165, 1.54) is 0 Å². The molecule has 0 radical (unpaired) electrons. The van der Waals surface area contributed by atoms with Gasteiger partial charge < -0.3 is 8.85 Å². The van der Waals surface area contributed by atoms with Gasteiger partial charge in [0.05, 0.1) is 0 Å². The van der Waals surface area contributed by atoms with E-state index in [9.17, 15) is 0 Å². The van der Waals surface area contributed by atoms with Gasteiger partial charge in [-0.25, -0.2) is 0 Å². The van der Waals surface area contributed by atoms with Gasteiger partial charge in [-0.3, -0.25) is 0 Å². The van der Waals surface area contributed by atoms with Crippen LogP contribution in [0.15, 0.2) is 0 Å². The highest BCUT2D eigenvalue weighted by atomic mass is 28.4. The molecule has 0 N–H and O–H groups in total. The van der Waals surface area contributed by atoms with Gasteiger partial charge in [0, 0.05) is 22.3 Å². The van der Waals surface area contributed by atoms with Crippen LogP contribution in [0.3, 0.4) is 0 Å². The maximum Gasteiger partial charge on any atom is 0.331 e. The molecule has 0 atom stereocenters. The highest BCUT2D eigenvalue weighted by molar-refractivity contribution is 6.74. The second-order valence-electron chi connectivity index (χ2n) is 4.81. The van der Waals surface area contributed by atoms with Crippen LogP contribution in [-0.2, 0) is 8.85 Å². The molecule has 0 saturated carbocycles. The molecule has 0 saturated heterocycles. The van der Waals surface area contributed by atoms with Gasteiger partial charge in [0.15, 0.2) is 0 Å². The van der Waals surface area contributed by atoms with Crippen LogP contribution in [0.1, 0.15) is 7.43 Å². The Bertz CT molecular complexity index is 96.7. The van der Waals surface area contributed by atoms with Crippen molar-refractivity contribution in [1.82, 2.24) is 0 Å². The minimum absolute atomic E-state index is 0. The molecule has 0 aliphatic heterocycles. The first kappa shape index (κ1) is 19.0. The molecule has 2 nitrogen and oxygen atoms in total. The Morgan fingerprint density at radius 2 is 0.846 bits per heavy atom. The van der Waals surface area contributed by atoms with Gasteiger partial charge in [-0.15, -0.1) is 0 Å². The van der Waals surface area contributed by atoms with Gasteiger partial charge in [-0.1, -0.05) is 33.6 Å². The molecule has 0 unspecified atom stereocenters. The maximum atomic E-state index is 5.00. The number of hydrogen-bond donors (Lipinski definition) is 0. The summed E-state index contributed by atoms with van der Waals surface area (Å²) in [6.07, 6.45) is 0. The molecule has 0 amide bonds. The fraction of sp³-hybridized carbons (Fsp3) is 1.00. The van der Waals surface area contributed by atoms with E-state index in [0.717, 1.165) is 0 Å². The Morgan fingerprint density at radius 1 is 0.692 bits per heavy atom. The van der Waals surface area contributed by atoms with Crippen LogP contribution in [0.4, 0.5) is 0 Å². The fourth-order valence-corrected chi connectivity index (χ4v) is 0.250. The summed E-state index contributed by atoms with van der Waals surface area (Å²) in [6, 6.07) is 0. The first-order valence-corrected chi connectivity index (χ1v) is 11.0. The SMILES string of the molecule is C.CO[Si](C)(C)OC.C[Si](C)(C)C. The Morgan fingerprint density at radius 3 is 0.846 bits per heavy atom. The van der Waals surface area contributed by atoms with Crippen LogP contribution < -0.4 is 0 Å². The lowest BCUT2D eigenvalue weighted by Crippen LogP contribution is -2.31. The molecular weight excluding hydrogens is 196 g/mol. The van der Waals surface area contributed by atoms with Crippen molar-refractivity contribution in [3.63, 3.8) is 0 Å². The lowest BCUT2D eigenvalue weighted by molar-refractivity contribution is 0.258. The smallest absolute Gasteiger partial charge is 0.331 e. The third-order valence-corrected chi connectivity index (χ3v) is 2.95. The monoisotopic (exact) mass is 224 g/mol. The lowest BCUT2D eigenvalue weighted by Gasteiger charge is -2.15. The van der Waals surface area contributed by atoms with E-state index in [1.807, 2.05) is 13.1 Å². The van der Waals surface area contributed by atoms with Crippen molar-refractivity contribution in [2.24, 2.45) is 0 Å². The van der Waals surface area contributed by atoms with Crippen LogP contribution in [0.5, 0.6) is 0 Å². The second-order valence-corrected chi connectivity index (χ2v) is 14.4. The molecule has 4 heteroatoms. The van der Waals surface area contributed by atoms with E-state index >= 15 is 0 Å². The van der Waals surface area contributed by atoms with E-state index in [0.29, 0.717) is 0 Å². The molecule has 0 aliphatic rings. The van der Waals surface area contributed by atoms with Crippen molar-refractivity contribution >= 4 is 16.6 Å². The van der Waals surface area contributed by atoms with Crippen molar-refractivity contribution in [3.8, 4) is 0 Å². The minimum atomic E-state index is -1.65. The summed E-state index contributed by atoms with van der Waals surface area (Å²) in [5.74, 6) is 0. The van der Waals surface area contributed by atoms with Crippen molar-refractivity contribution in [1.29, 1.82) is 0 Å². The molecule has 0 aromatic heterocycles. The van der Waals surface area contributed by atoms with Gasteiger partial charge in [0.25, 0.3) is 0 Å². The van der Waals surface area contributed by atoms with E-state index in [-0.39, 0.29) is 7.43 Å². The lowest BCUT2D eigenvalue weighted by atomic mass is 11.8. The number of rotatable bonds is 2. The molecule has 0 spiro atoms. The topological polar surface area (TPSA) is 18.5 Å². The summed E-state index contributed by atoms with van der Waals surface area (Å²) in [5, 5.41) is 0. The molecule has 0 bridgehead atoms. The van der Waals surface area contributed by atoms with E-state index in [1.54, 1.807) is 14.2 Å². The van der Waals surface area contributed by atoms with Crippen molar-refractivity contribution in [2.75, 3.05) is 14.2 Å². The molecule has 0 aliphatic carbocycles. The average Bonchev–Trinajstić information content (AvgIpc) is 1.85. The summed E-state index contributed by atoms with van der Waals surface area (Å²) in [4.78, 5) is 0. The summed E-state index contributed by atoms with van der Waals surface area (Å²) < 4.78 is 10.0. The fourth-order valence-electron chi connectivity index (χ4n) is 0.0833. The highest BCUT2D eigenvalue weighted by Gasteiger charge is 2.19. The summed E-state index contributed by atoms with van der Waals surface area (Å²) in [7, 11) is 1.09. The average molecular weight is 224 g/mol. The Balaban J connectivity index is -0.000000150. The van der Waals surface area contributed by atoms with Crippen LogP contribution in [0.2, 0.25) is 39.3 Å². The summed E-state index contributed by atoms with van der Waals surface area (Å²) >= 11 is 0. The van der Waals surface area contributed by atoms with Gasteiger partial charge >= 0.3 is 8.56 Å². The maximum absolute atomic E-state index is 5.00. The molecule has 0 heterocycles. The Hall–Kier alpha value is 0.354. The Labute approximate surface area is 86.9 Å². The van der Waals surface area contributed by atoms with E-state index in [4.69, 9.17) is 8.85 Å². The molecule has 0 fully saturated rings. The second kappa shape index (κ2) is 7.73. The van der Waals surface area contributed by atoms with Gasteiger partial charge in [-0.2, -0.15) is 0 Å². The quantitative estimate of drug-likeness (QED) is 0.668. The van der Waals surface area contributed by atoms with Crippen molar-refractivity contribution < 1.29 is 8.85 Å². The molecule has 84 valence electrons. The van der Waals surface area contributed by atoms with E-state index < -0.39 is 16.6 Å². The zero-order valence-electron chi connectivity index (χ0n) is 9.82. The van der Waals surface area contributed by atoms with Crippen molar-refractivity contribution in [2.45, 2.75) is 46.7 Å². The first-order valence-electron chi connectivity index (χ1n) is 4.22. The van der Waals surface area contributed by atoms with E-state index in [2.05, 4.69) is 26.2 Å². The largest absolute Gasteiger partial charge is 0.398 e. The van der Waals surface area contributed by atoms with Gasteiger partial charge in [0.2, 0.25) is 0 Å². The predicted molar refractivity (Wildman–Crippen MR) is 67.4 cm³/mol. The summed E-state index contributed by atoms with van der Waals surface area (Å²) in [6.45, 7) is 13.3. The minimum Gasteiger partial charge on any atom is -0.398 e. The zero-order valence-corrected chi connectivity index (χ0v) is 11.8. The normalized spacial score (nSPS) is 11.1. The van der Waals surface area contributed by atoms with Crippen LogP contribution in [-0.4, -0.2) is 30.9 Å². The van der Waals surface area contributed by atoms with Gasteiger partial charge in [0.1, 0.15) is 0 Å². The number of hydrogen-bond acceptors (Lipinski definition) is 2. The molecule has 0 aromatic rings. The Kier molecular flexibility index (Phi) is 11.3. The van der Waals surface area contributed by atoms with Crippen LogP contribution >= 0.6 is 0 Å². The summed E-state index contributed by atoms with van der Waals surface area (Å²) in [5.41, 5.74) is 0. The van der Waals surface area contributed by atoms with Crippen LogP contribution in [0, 0.1) is 0 Å².